The van der Waals surface area contributed by atoms with E-state index in [-0.39, 0.29) is 11.8 Å². The zero-order valence-electron chi connectivity index (χ0n) is 10.7. The number of rotatable bonds is 6. The smallest absolute Gasteiger partial charge is 0.225 e. The summed E-state index contributed by atoms with van der Waals surface area (Å²) in [7, 11) is 0. The van der Waals surface area contributed by atoms with Gasteiger partial charge in [-0.25, -0.2) is 0 Å². The van der Waals surface area contributed by atoms with Gasteiger partial charge in [0, 0.05) is 6.54 Å². The third-order valence-electron chi connectivity index (χ3n) is 3.00. The second-order valence-corrected chi connectivity index (χ2v) is 4.42. The monoisotopic (exact) mass is 258 g/mol. The van der Waals surface area contributed by atoms with Crippen molar-refractivity contribution in [2.24, 2.45) is 11.7 Å². The van der Waals surface area contributed by atoms with Crippen molar-refractivity contribution in [3.8, 4) is 0 Å². The number of hydrogen-bond donors (Lipinski definition) is 2. The van der Waals surface area contributed by atoms with E-state index in [9.17, 15) is 4.79 Å². The van der Waals surface area contributed by atoms with Crippen molar-refractivity contribution in [1.29, 1.82) is 0 Å². The van der Waals surface area contributed by atoms with Crippen LogP contribution in [0.2, 0.25) is 0 Å². The Morgan fingerprint density at radius 3 is 2.63 bits per heavy atom. The van der Waals surface area contributed by atoms with Crippen LogP contribution in [0.5, 0.6) is 0 Å². The molecule has 3 N–H and O–H groups in total. The Morgan fingerprint density at radius 1 is 1.21 bits per heavy atom. The third-order valence-corrected chi connectivity index (χ3v) is 3.00. The molecule has 1 heterocycles. The molecule has 0 radical (unpaired) electrons. The van der Waals surface area contributed by atoms with Crippen LogP contribution in [0, 0.1) is 5.92 Å². The second-order valence-electron chi connectivity index (χ2n) is 4.42. The molecule has 4 nitrogen and oxygen atoms in total. The Balaban J connectivity index is 1.88. The van der Waals surface area contributed by atoms with E-state index in [1.54, 1.807) is 12.3 Å². The van der Waals surface area contributed by atoms with Crippen molar-refractivity contribution >= 4 is 5.91 Å². The first kappa shape index (κ1) is 13.4. The Bertz CT molecular complexity index is 494. The Hall–Kier alpha value is -2.07. The van der Waals surface area contributed by atoms with Crippen LogP contribution in [0.3, 0.4) is 0 Å². The van der Waals surface area contributed by atoms with Crippen LogP contribution in [0.25, 0.3) is 0 Å². The molecule has 0 aliphatic rings. The van der Waals surface area contributed by atoms with E-state index < -0.39 is 0 Å². The maximum absolute atomic E-state index is 12.0. The fourth-order valence-corrected chi connectivity index (χ4v) is 1.91. The predicted molar refractivity (Wildman–Crippen MR) is 73.2 cm³/mol. The first-order valence-corrected chi connectivity index (χ1v) is 6.33. The van der Waals surface area contributed by atoms with Gasteiger partial charge < -0.3 is 15.5 Å². The lowest BCUT2D eigenvalue weighted by atomic mass is 9.98. The van der Waals surface area contributed by atoms with Crippen LogP contribution in [-0.4, -0.2) is 12.5 Å². The Morgan fingerprint density at radius 2 is 2.00 bits per heavy atom. The number of furan rings is 1. The normalized spacial score (nSPS) is 12.1. The fraction of sp³-hybridized carbons (Fsp3) is 0.267. The second kappa shape index (κ2) is 6.75. The maximum Gasteiger partial charge on any atom is 0.225 e. The Kier molecular flexibility index (Phi) is 4.75. The van der Waals surface area contributed by atoms with E-state index in [2.05, 4.69) is 5.32 Å². The molecule has 0 aliphatic carbocycles. The van der Waals surface area contributed by atoms with Gasteiger partial charge in [-0.15, -0.1) is 0 Å². The summed E-state index contributed by atoms with van der Waals surface area (Å²) in [6.45, 7) is 0.732. The number of amides is 1. The minimum atomic E-state index is -0.211. The van der Waals surface area contributed by atoms with Gasteiger partial charge in [0.25, 0.3) is 0 Å². The van der Waals surface area contributed by atoms with Crippen LogP contribution in [0.1, 0.15) is 11.3 Å². The van der Waals surface area contributed by atoms with E-state index in [0.717, 1.165) is 11.3 Å². The first-order valence-electron chi connectivity index (χ1n) is 6.33. The van der Waals surface area contributed by atoms with Crippen molar-refractivity contribution in [2.75, 3.05) is 6.54 Å². The highest BCUT2D eigenvalue weighted by Gasteiger charge is 2.17. The minimum absolute atomic E-state index is 0.0391. The van der Waals surface area contributed by atoms with Gasteiger partial charge in [0.1, 0.15) is 5.76 Å². The van der Waals surface area contributed by atoms with Crippen LogP contribution in [-0.2, 0) is 17.8 Å². The van der Waals surface area contributed by atoms with Crippen LogP contribution >= 0.6 is 0 Å². The fourth-order valence-electron chi connectivity index (χ4n) is 1.91. The van der Waals surface area contributed by atoms with Crippen molar-refractivity contribution in [3.63, 3.8) is 0 Å². The molecule has 1 amide bonds. The lowest BCUT2D eigenvalue weighted by Crippen LogP contribution is -2.35. The molecule has 2 rings (SSSR count). The number of nitrogens with one attached hydrogen (secondary N) is 1. The maximum atomic E-state index is 12.0. The number of carbonyl (C=O) groups is 1. The standard InChI is InChI=1S/C15H18N2O2/c16-10-13(9-12-5-2-1-3-6-12)15(18)17-11-14-7-4-8-19-14/h1-8,13H,9-11,16H2,(H,17,18). The van der Waals surface area contributed by atoms with Gasteiger partial charge in [-0.2, -0.15) is 0 Å². The molecule has 0 spiro atoms. The third kappa shape index (κ3) is 3.96. The molecule has 1 atom stereocenters. The van der Waals surface area contributed by atoms with Crippen molar-refractivity contribution < 1.29 is 9.21 Å². The number of carbonyl (C=O) groups excluding carboxylic acids is 1. The minimum Gasteiger partial charge on any atom is -0.467 e. The van der Waals surface area contributed by atoms with E-state index in [4.69, 9.17) is 10.2 Å². The van der Waals surface area contributed by atoms with Crippen LogP contribution in [0.15, 0.2) is 53.1 Å². The van der Waals surface area contributed by atoms with Crippen LogP contribution < -0.4 is 11.1 Å². The molecule has 0 saturated heterocycles. The first-order chi connectivity index (χ1) is 9.29. The Labute approximate surface area is 112 Å². The number of benzene rings is 1. The van der Waals surface area contributed by atoms with Gasteiger partial charge in [-0.05, 0) is 24.1 Å². The molecular formula is C15H18N2O2. The molecule has 19 heavy (non-hydrogen) atoms. The van der Waals surface area contributed by atoms with Crippen molar-refractivity contribution in [1.82, 2.24) is 5.32 Å². The average Bonchev–Trinajstić information content (AvgIpc) is 2.96. The predicted octanol–water partition coefficient (Wildman–Crippen LogP) is 1.71. The van der Waals surface area contributed by atoms with Crippen molar-refractivity contribution in [2.45, 2.75) is 13.0 Å². The lowest BCUT2D eigenvalue weighted by Gasteiger charge is -2.14. The summed E-state index contributed by atoms with van der Waals surface area (Å²) in [5, 5.41) is 2.84. The summed E-state index contributed by atoms with van der Waals surface area (Å²) in [5.41, 5.74) is 6.80. The van der Waals surface area contributed by atoms with Gasteiger partial charge in [0.15, 0.2) is 0 Å². The topological polar surface area (TPSA) is 68.3 Å². The summed E-state index contributed by atoms with van der Waals surface area (Å²) in [5.74, 6) is 0.490. The molecule has 0 aliphatic heterocycles. The zero-order valence-corrected chi connectivity index (χ0v) is 10.7. The zero-order chi connectivity index (χ0) is 13.5. The molecular weight excluding hydrogens is 240 g/mol. The van der Waals surface area contributed by atoms with Gasteiger partial charge in [0.05, 0.1) is 18.7 Å². The highest BCUT2D eigenvalue weighted by atomic mass is 16.3. The van der Waals surface area contributed by atoms with Crippen LogP contribution in [0.4, 0.5) is 0 Å². The molecule has 1 unspecified atom stereocenters. The van der Waals surface area contributed by atoms with E-state index >= 15 is 0 Å². The molecule has 4 heteroatoms. The summed E-state index contributed by atoms with van der Waals surface area (Å²) in [4.78, 5) is 12.0. The van der Waals surface area contributed by atoms with Gasteiger partial charge in [-0.3, -0.25) is 4.79 Å². The summed E-state index contributed by atoms with van der Waals surface area (Å²) < 4.78 is 5.17. The molecule has 0 bridgehead atoms. The molecule has 2 aromatic rings. The summed E-state index contributed by atoms with van der Waals surface area (Å²) in [6.07, 6.45) is 2.24. The SMILES string of the molecule is NCC(Cc1ccccc1)C(=O)NCc1ccco1. The van der Waals surface area contributed by atoms with E-state index in [1.807, 2.05) is 36.4 Å². The largest absolute Gasteiger partial charge is 0.467 e. The van der Waals surface area contributed by atoms with Gasteiger partial charge in [0.2, 0.25) is 5.91 Å². The lowest BCUT2D eigenvalue weighted by molar-refractivity contribution is -0.124. The average molecular weight is 258 g/mol. The molecule has 0 saturated carbocycles. The summed E-state index contributed by atoms with van der Waals surface area (Å²) >= 11 is 0. The molecule has 1 aromatic heterocycles. The summed E-state index contributed by atoms with van der Waals surface area (Å²) in [6, 6.07) is 13.5. The molecule has 1 aromatic carbocycles. The van der Waals surface area contributed by atoms with Gasteiger partial charge in [-0.1, -0.05) is 30.3 Å². The van der Waals surface area contributed by atoms with Gasteiger partial charge >= 0.3 is 0 Å². The highest BCUT2D eigenvalue weighted by Crippen LogP contribution is 2.08. The van der Waals surface area contributed by atoms with E-state index in [1.165, 1.54) is 0 Å². The molecule has 0 fully saturated rings. The number of nitrogens with two attached hydrogens (primary N) is 1. The quantitative estimate of drug-likeness (QED) is 0.829. The highest BCUT2D eigenvalue weighted by molar-refractivity contribution is 5.79. The van der Waals surface area contributed by atoms with Crippen molar-refractivity contribution in [3.05, 3.63) is 60.1 Å². The van der Waals surface area contributed by atoms with E-state index in [0.29, 0.717) is 19.5 Å². The number of hydrogen-bond acceptors (Lipinski definition) is 3. The molecule has 100 valence electrons.